The molecule has 21 heavy (non-hydrogen) atoms. The Labute approximate surface area is 121 Å². The number of non-ortho nitro benzene ring substituents is 1. The predicted octanol–water partition coefficient (Wildman–Crippen LogP) is 2.59. The average molecular weight is 308 g/mol. The molecule has 0 saturated carbocycles. The zero-order valence-corrected chi connectivity index (χ0v) is 11.5. The van der Waals surface area contributed by atoms with Gasteiger partial charge in [0.05, 0.1) is 4.92 Å². The van der Waals surface area contributed by atoms with E-state index in [9.17, 15) is 23.1 Å². The van der Waals surface area contributed by atoms with E-state index in [-0.39, 0.29) is 11.3 Å². The van der Waals surface area contributed by atoms with Crippen LogP contribution in [-0.4, -0.2) is 17.9 Å². The molecule has 0 amide bonds. The van der Waals surface area contributed by atoms with E-state index in [4.69, 9.17) is 0 Å². The number of nitrogens with zero attached hydrogens (tertiary/aromatic N) is 1. The van der Waals surface area contributed by atoms with Crippen molar-refractivity contribution in [3.8, 4) is 0 Å². The first-order chi connectivity index (χ1) is 9.88. The van der Waals surface area contributed by atoms with Crippen LogP contribution in [0.5, 0.6) is 0 Å². The number of anilines is 1. The van der Waals surface area contributed by atoms with Crippen molar-refractivity contribution in [2.45, 2.75) is 5.37 Å². The van der Waals surface area contributed by atoms with Crippen molar-refractivity contribution in [3.05, 3.63) is 70.3 Å². The van der Waals surface area contributed by atoms with Crippen LogP contribution in [0.25, 0.3) is 0 Å². The molecule has 0 aliphatic carbocycles. The van der Waals surface area contributed by atoms with Crippen LogP contribution >= 0.6 is 0 Å². The van der Waals surface area contributed by atoms with Gasteiger partial charge in [-0.25, -0.2) is 0 Å². The second-order valence-electron chi connectivity index (χ2n) is 4.25. The highest BCUT2D eigenvalue weighted by molar-refractivity contribution is 7.86. The first-order valence-electron chi connectivity index (χ1n) is 5.90. The highest BCUT2D eigenvalue weighted by Gasteiger charge is 2.25. The largest absolute Gasteiger partial charge is 0.363 e. The van der Waals surface area contributed by atoms with Crippen molar-refractivity contribution < 1.29 is 17.9 Å². The third kappa shape index (κ3) is 3.77. The zero-order chi connectivity index (χ0) is 15.5. The second kappa shape index (κ2) is 5.90. The van der Waals surface area contributed by atoms with Crippen LogP contribution in [-0.2, 0) is 10.1 Å². The molecule has 1 atom stereocenters. The van der Waals surface area contributed by atoms with Gasteiger partial charge in [-0.3, -0.25) is 14.7 Å². The van der Waals surface area contributed by atoms with E-state index < -0.39 is 20.4 Å². The molecule has 0 heterocycles. The highest BCUT2D eigenvalue weighted by Crippen LogP contribution is 2.25. The lowest BCUT2D eigenvalue weighted by molar-refractivity contribution is -0.384. The Morgan fingerprint density at radius 1 is 1.05 bits per heavy atom. The van der Waals surface area contributed by atoms with E-state index in [1.165, 1.54) is 24.3 Å². The summed E-state index contributed by atoms with van der Waals surface area (Å²) < 4.78 is 32.4. The summed E-state index contributed by atoms with van der Waals surface area (Å²) in [5.41, 5.74) is 0.540. The Balaban J connectivity index is 2.35. The summed E-state index contributed by atoms with van der Waals surface area (Å²) >= 11 is 0. The molecule has 8 heteroatoms. The molecule has 0 radical (unpaired) electrons. The molecule has 0 bridgehead atoms. The number of nitro groups is 1. The maximum absolute atomic E-state index is 11.5. The van der Waals surface area contributed by atoms with Gasteiger partial charge in [-0.05, 0) is 29.8 Å². The van der Waals surface area contributed by atoms with Crippen LogP contribution in [0.1, 0.15) is 10.9 Å². The van der Waals surface area contributed by atoms with Gasteiger partial charge in [0.2, 0.25) is 0 Å². The molecule has 2 aromatic carbocycles. The number of rotatable bonds is 5. The smallest absolute Gasteiger partial charge is 0.290 e. The zero-order valence-electron chi connectivity index (χ0n) is 10.7. The van der Waals surface area contributed by atoms with E-state index in [1.807, 2.05) is 0 Å². The molecule has 0 aliphatic rings. The average Bonchev–Trinajstić information content (AvgIpc) is 2.45. The fraction of sp³-hybridized carbons (Fsp3) is 0.0769. The first-order valence-corrected chi connectivity index (χ1v) is 7.40. The number of hydrogen-bond acceptors (Lipinski definition) is 5. The minimum absolute atomic E-state index is 0.160. The Hall–Kier alpha value is -2.45. The molecular formula is C13H12N2O5S. The highest BCUT2D eigenvalue weighted by atomic mass is 32.2. The Bertz CT molecular complexity index is 729. The van der Waals surface area contributed by atoms with Crippen molar-refractivity contribution in [2.75, 3.05) is 5.32 Å². The van der Waals surface area contributed by atoms with Gasteiger partial charge in [0, 0.05) is 17.8 Å². The summed E-state index contributed by atoms with van der Waals surface area (Å²) in [5.74, 6) is 0. The van der Waals surface area contributed by atoms with E-state index >= 15 is 0 Å². The number of benzene rings is 2. The third-order valence-corrected chi connectivity index (χ3v) is 3.76. The second-order valence-corrected chi connectivity index (χ2v) is 5.76. The van der Waals surface area contributed by atoms with E-state index in [0.29, 0.717) is 5.69 Å². The van der Waals surface area contributed by atoms with Gasteiger partial charge in [-0.15, -0.1) is 0 Å². The maximum Gasteiger partial charge on any atom is 0.290 e. The van der Waals surface area contributed by atoms with E-state index in [1.54, 1.807) is 30.3 Å². The summed E-state index contributed by atoms with van der Waals surface area (Å²) in [6, 6.07) is 13.4. The fourth-order valence-electron chi connectivity index (χ4n) is 1.79. The number of nitrogens with one attached hydrogen (secondary N) is 1. The molecule has 0 spiro atoms. The molecule has 110 valence electrons. The number of para-hydroxylation sites is 1. The lowest BCUT2D eigenvalue weighted by atomic mass is 10.2. The molecule has 7 nitrogen and oxygen atoms in total. The van der Waals surface area contributed by atoms with Crippen LogP contribution in [0.2, 0.25) is 0 Å². The fourth-order valence-corrected chi connectivity index (χ4v) is 2.57. The molecule has 0 aromatic heterocycles. The van der Waals surface area contributed by atoms with Crippen LogP contribution in [0.4, 0.5) is 11.4 Å². The normalized spacial score (nSPS) is 12.6. The molecular weight excluding hydrogens is 296 g/mol. The van der Waals surface area contributed by atoms with E-state index in [2.05, 4.69) is 5.32 Å². The molecule has 0 aliphatic heterocycles. The predicted molar refractivity (Wildman–Crippen MR) is 77.5 cm³/mol. The van der Waals surface area contributed by atoms with Crippen molar-refractivity contribution in [3.63, 3.8) is 0 Å². The number of hydrogen-bond donors (Lipinski definition) is 2. The summed E-state index contributed by atoms with van der Waals surface area (Å²) in [7, 11) is -4.43. The van der Waals surface area contributed by atoms with Crippen molar-refractivity contribution in [1.82, 2.24) is 0 Å². The quantitative estimate of drug-likeness (QED) is 0.499. The van der Waals surface area contributed by atoms with E-state index in [0.717, 1.165) is 0 Å². The molecule has 0 fully saturated rings. The third-order valence-electron chi connectivity index (χ3n) is 2.78. The minimum Gasteiger partial charge on any atom is -0.363 e. The van der Waals surface area contributed by atoms with Crippen molar-refractivity contribution in [2.24, 2.45) is 0 Å². The monoisotopic (exact) mass is 308 g/mol. The summed E-state index contributed by atoms with van der Waals surface area (Å²) in [6.45, 7) is 0. The standard InChI is InChI=1S/C13H12N2O5S/c16-15(17)12-8-6-10(7-9-12)13(21(18,19)20)14-11-4-2-1-3-5-11/h1-9,13-14H,(H,18,19,20). The van der Waals surface area contributed by atoms with Gasteiger partial charge in [-0.1, -0.05) is 18.2 Å². The topological polar surface area (TPSA) is 110 Å². The van der Waals surface area contributed by atoms with Crippen LogP contribution < -0.4 is 5.32 Å². The summed E-state index contributed by atoms with van der Waals surface area (Å²) in [4.78, 5) is 10.0. The number of nitro benzene ring substituents is 1. The van der Waals surface area contributed by atoms with Gasteiger partial charge in [0.1, 0.15) is 0 Å². The maximum atomic E-state index is 11.5. The van der Waals surface area contributed by atoms with Crippen molar-refractivity contribution in [1.29, 1.82) is 0 Å². The Kier molecular flexibility index (Phi) is 4.20. The Morgan fingerprint density at radius 2 is 1.62 bits per heavy atom. The lowest BCUT2D eigenvalue weighted by Crippen LogP contribution is -2.20. The van der Waals surface area contributed by atoms with Crippen LogP contribution in [0, 0.1) is 10.1 Å². The summed E-state index contributed by atoms with van der Waals surface area (Å²) in [5, 5.41) is 11.9. The Morgan fingerprint density at radius 3 is 2.10 bits per heavy atom. The molecule has 1 unspecified atom stereocenters. The molecule has 2 aromatic rings. The first kappa shape index (κ1) is 14.9. The lowest BCUT2D eigenvalue weighted by Gasteiger charge is -2.17. The van der Waals surface area contributed by atoms with Gasteiger partial charge in [0.15, 0.2) is 5.37 Å². The molecule has 2 N–H and O–H groups in total. The van der Waals surface area contributed by atoms with Gasteiger partial charge < -0.3 is 5.32 Å². The molecule has 2 rings (SSSR count). The SMILES string of the molecule is O=[N+]([O-])c1ccc(C(Nc2ccccc2)S(=O)(=O)O)cc1. The van der Waals surface area contributed by atoms with Gasteiger partial charge >= 0.3 is 0 Å². The van der Waals surface area contributed by atoms with Gasteiger partial charge in [0.25, 0.3) is 15.8 Å². The minimum atomic E-state index is -4.43. The molecule has 0 saturated heterocycles. The van der Waals surface area contributed by atoms with Crippen molar-refractivity contribution >= 4 is 21.5 Å². The van der Waals surface area contributed by atoms with Crippen LogP contribution in [0.3, 0.4) is 0 Å². The summed E-state index contributed by atoms with van der Waals surface area (Å²) in [6.07, 6.45) is 0. The van der Waals surface area contributed by atoms with Gasteiger partial charge in [-0.2, -0.15) is 8.42 Å². The van der Waals surface area contributed by atoms with Crippen LogP contribution in [0.15, 0.2) is 54.6 Å².